The van der Waals surface area contributed by atoms with Crippen LogP contribution in [0.15, 0.2) is 35.7 Å². The molecule has 0 radical (unpaired) electrons. The first-order valence-electron chi connectivity index (χ1n) is 6.33. The van der Waals surface area contributed by atoms with E-state index in [2.05, 4.69) is 5.32 Å². The van der Waals surface area contributed by atoms with Gasteiger partial charge in [0.2, 0.25) is 0 Å². The molecule has 106 valence electrons. The van der Waals surface area contributed by atoms with Gasteiger partial charge in [-0.15, -0.1) is 11.3 Å². The zero-order valence-corrected chi connectivity index (χ0v) is 11.9. The second-order valence-corrected chi connectivity index (χ2v) is 5.61. The van der Waals surface area contributed by atoms with Crippen LogP contribution in [0.2, 0.25) is 0 Å². The van der Waals surface area contributed by atoms with Crippen LogP contribution in [-0.4, -0.2) is 17.1 Å². The van der Waals surface area contributed by atoms with Crippen molar-refractivity contribution >= 4 is 17.3 Å². The lowest BCUT2D eigenvalue weighted by molar-refractivity contribution is 0.0701. The third kappa shape index (κ3) is 3.88. The third-order valence-corrected chi connectivity index (χ3v) is 3.98. The van der Waals surface area contributed by atoms with Gasteiger partial charge in [-0.2, -0.15) is 0 Å². The van der Waals surface area contributed by atoms with E-state index in [4.69, 9.17) is 5.11 Å². The number of carboxylic acid groups (broad SMARTS) is 1. The fourth-order valence-electron chi connectivity index (χ4n) is 1.99. The maximum atomic E-state index is 12.8. The Bertz CT molecular complexity index is 580. The van der Waals surface area contributed by atoms with Crippen LogP contribution in [0.4, 0.5) is 4.39 Å². The van der Waals surface area contributed by atoms with Crippen LogP contribution in [0.3, 0.4) is 0 Å². The molecule has 0 aliphatic heterocycles. The number of halogens is 1. The van der Waals surface area contributed by atoms with E-state index in [1.807, 2.05) is 13.0 Å². The summed E-state index contributed by atoms with van der Waals surface area (Å²) in [7, 11) is 0. The van der Waals surface area contributed by atoms with Crippen LogP contribution in [0.25, 0.3) is 0 Å². The average Bonchev–Trinajstić information content (AvgIpc) is 2.88. The van der Waals surface area contributed by atoms with Crippen LogP contribution in [0.1, 0.15) is 27.7 Å². The summed E-state index contributed by atoms with van der Waals surface area (Å²) >= 11 is 1.23. The van der Waals surface area contributed by atoms with E-state index in [9.17, 15) is 9.18 Å². The van der Waals surface area contributed by atoms with Gasteiger partial charge in [-0.1, -0.05) is 12.1 Å². The Labute approximate surface area is 121 Å². The molecule has 0 saturated heterocycles. The smallest absolute Gasteiger partial charge is 0.346 e. The fourth-order valence-corrected chi connectivity index (χ4v) is 2.75. The molecule has 1 aromatic heterocycles. The molecule has 0 bridgehead atoms. The van der Waals surface area contributed by atoms with Crippen molar-refractivity contribution in [2.45, 2.75) is 25.9 Å². The van der Waals surface area contributed by atoms with Crippen molar-refractivity contribution in [3.05, 3.63) is 57.5 Å². The van der Waals surface area contributed by atoms with Gasteiger partial charge in [0.25, 0.3) is 0 Å². The number of nitrogens with one attached hydrogen (secondary N) is 1. The fraction of sp³-hybridized carbons (Fsp3) is 0.267. The highest BCUT2D eigenvalue weighted by Gasteiger charge is 2.12. The average molecular weight is 293 g/mol. The predicted octanol–water partition coefficient (Wildman–Crippen LogP) is 3.31. The lowest BCUT2D eigenvalue weighted by Crippen LogP contribution is -2.27. The molecule has 0 fully saturated rings. The second-order valence-electron chi connectivity index (χ2n) is 4.69. The van der Waals surface area contributed by atoms with Gasteiger partial charge in [0.1, 0.15) is 10.7 Å². The normalized spacial score (nSPS) is 12.3. The first-order valence-corrected chi connectivity index (χ1v) is 7.21. The standard InChI is InChI=1S/C15H16FNO2S/c1-10(8-11-2-4-13(16)5-3-11)17-9-12-6-7-20-14(12)15(18)19/h2-7,10,17H,8-9H2,1H3,(H,18,19). The Morgan fingerprint density at radius 3 is 2.70 bits per heavy atom. The second kappa shape index (κ2) is 6.63. The van der Waals surface area contributed by atoms with Crippen LogP contribution in [0.5, 0.6) is 0 Å². The highest BCUT2D eigenvalue weighted by atomic mass is 32.1. The Morgan fingerprint density at radius 2 is 2.05 bits per heavy atom. The van der Waals surface area contributed by atoms with Gasteiger partial charge in [0.05, 0.1) is 0 Å². The Hall–Kier alpha value is -1.72. The monoisotopic (exact) mass is 293 g/mol. The molecular formula is C15H16FNO2S. The van der Waals surface area contributed by atoms with Gasteiger partial charge in [0.15, 0.2) is 0 Å². The Balaban J connectivity index is 1.89. The predicted molar refractivity (Wildman–Crippen MR) is 77.7 cm³/mol. The third-order valence-electron chi connectivity index (χ3n) is 3.04. The van der Waals surface area contributed by atoms with Crippen molar-refractivity contribution in [3.8, 4) is 0 Å². The molecule has 2 aromatic rings. The first kappa shape index (κ1) is 14.7. The minimum absolute atomic E-state index is 0.182. The largest absolute Gasteiger partial charge is 0.477 e. The van der Waals surface area contributed by atoms with Crippen LogP contribution >= 0.6 is 11.3 Å². The quantitative estimate of drug-likeness (QED) is 0.859. The van der Waals surface area contributed by atoms with Gasteiger partial charge < -0.3 is 10.4 Å². The van der Waals surface area contributed by atoms with E-state index in [1.165, 1.54) is 23.5 Å². The van der Waals surface area contributed by atoms with Crippen molar-refractivity contribution in [2.75, 3.05) is 0 Å². The highest BCUT2D eigenvalue weighted by molar-refractivity contribution is 7.12. The molecule has 1 atom stereocenters. The lowest BCUT2D eigenvalue weighted by atomic mass is 10.1. The molecule has 1 aromatic carbocycles. The lowest BCUT2D eigenvalue weighted by Gasteiger charge is -2.13. The minimum Gasteiger partial charge on any atom is -0.477 e. The molecule has 2 rings (SSSR count). The van der Waals surface area contributed by atoms with Crippen LogP contribution < -0.4 is 5.32 Å². The number of rotatable bonds is 6. The van der Waals surface area contributed by atoms with Crippen molar-refractivity contribution in [2.24, 2.45) is 0 Å². The summed E-state index contributed by atoms with van der Waals surface area (Å²) in [4.78, 5) is 11.4. The van der Waals surface area contributed by atoms with Gasteiger partial charge in [-0.3, -0.25) is 0 Å². The number of benzene rings is 1. The van der Waals surface area contributed by atoms with E-state index in [0.29, 0.717) is 11.4 Å². The summed E-state index contributed by atoms with van der Waals surface area (Å²) in [5, 5.41) is 14.1. The zero-order valence-electron chi connectivity index (χ0n) is 11.1. The van der Waals surface area contributed by atoms with Crippen molar-refractivity contribution < 1.29 is 14.3 Å². The molecule has 0 aliphatic carbocycles. The molecule has 0 saturated carbocycles. The Morgan fingerprint density at radius 1 is 1.35 bits per heavy atom. The Kier molecular flexibility index (Phi) is 4.87. The molecule has 0 amide bonds. The number of carbonyl (C=O) groups is 1. The van der Waals surface area contributed by atoms with Gasteiger partial charge in [-0.05, 0) is 48.1 Å². The molecule has 1 unspecified atom stereocenters. The van der Waals surface area contributed by atoms with E-state index >= 15 is 0 Å². The van der Waals surface area contributed by atoms with E-state index < -0.39 is 5.97 Å². The van der Waals surface area contributed by atoms with Crippen molar-refractivity contribution in [3.63, 3.8) is 0 Å². The molecule has 3 nitrogen and oxygen atoms in total. The summed E-state index contributed by atoms with van der Waals surface area (Å²) in [6, 6.07) is 8.43. The first-order chi connectivity index (χ1) is 9.56. The number of aromatic carboxylic acids is 1. The van der Waals surface area contributed by atoms with Crippen molar-refractivity contribution in [1.29, 1.82) is 0 Å². The van der Waals surface area contributed by atoms with Gasteiger partial charge >= 0.3 is 5.97 Å². The number of hydrogen-bond acceptors (Lipinski definition) is 3. The number of carboxylic acids is 1. The highest BCUT2D eigenvalue weighted by Crippen LogP contribution is 2.16. The zero-order chi connectivity index (χ0) is 14.5. The summed E-state index contributed by atoms with van der Waals surface area (Å²) in [5.41, 5.74) is 1.85. The molecular weight excluding hydrogens is 277 g/mol. The van der Waals surface area contributed by atoms with Gasteiger partial charge in [-0.25, -0.2) is 9.18 Å². The molecule has 0 aliphatic rings. The molecule has 20 heavy (non-hydrogen) atoms. The summed E-state index contributed by atoms with van der Waals surface area (Å²) < 4.78 is 12.8. The van der Waals surface area contributed by atoms with Crippen LogP contribution in [-0.2, 0) is 13.0 Å². The van der Waals surface area contributed by atoms with E-state index in [0.717, 1.165) is 17.5 Å². The molecule has 5 heteroatoms. The summed E-state index contributed by atoms with van der Waals surface area (Å²) in [6.07, 6.45) is 0.771. The summed E-state index contributed by atoms with van der Waals surface area (Å²) in [6.45, 7) is 2.55. The maximum absolute atomic E-state index is 12.8. The molecule has 2 N–H and O–H groups in total. The maximum Gasteiger partial charge on any atom is 0.346 e. The molecule has 1 heterocycles. The molecule has 0 spiro atoms. The van der Waals surface area contributed by atoms with Crippen molar-refractivity contribution in [1.82, 2.24) is 5.32 Å². The number of hydrogen-bond donors (Lipinski definition) is 2. The topological polar surface area (TPSA) is 49.3 Å². The van der Waals surface area contributed by atoms with Gasteiger partial charge in [0, 0.05) is 12.6 Å². The minimum atomic E-state index is -0.886. The number of thiophene rings is 1. The summed E-state index contributed by atoms with van der Waals surface area (Å²) in [5.74, 6) is -1.12. The SMILES string of the molecule is CC(Cc1ccc(F)cc1)NCc1ccsc1C(=O)O. The van der Waals surface area contributed by atoms with Crippen LogP contribution in [0, 0.1) is 5.82 Å². The van der Waals surface area contributed by atoms with E-state index in [1.54, 1.807) is 17.5 Å². The van der Waals surface area contributed by atoms with E-state index in [-0.39, 0.29) is 11.9 Å².